The summed E-state index contributed by atoms with van der Waals surface area (Å²) in [6, 6.07) is 24.7. The molecule has 0 aliphatic rings. The van der Waals surface area contributed by atoms with Crippen LogP contribution in [0.3, 0.4) is 0 Å². The summed E-state index contributed by atoms with van der Waals surface area (Å²) in [5.74, 6) is 0.619. The first kappa shape index (κ1) is 18.8. The van der Waals surface area contributed by atoms with E-state index in [1.807, 2.05) is 6.20 Å². The van der Waals surface area contributed by atoms with Crippen molar-refractivity contribution in [1.82, 2.24) is 4.98 Å². The molecule has 4 aromatic carbocycles. The van der Waals surface area contributed by atoms with Gasteiger partial charge in [-0.3, -0.25) is 4.98 Å². The highest BCUT2D eigenvalue weighted by molar-refractivity contribution is 6.19. The summed E-state index contributed by atoms with van der Waals surface area (Å²) < 4.78 is 0. The van der Waals surface area contributed by atoms with Crippen molar-refractivity contribution in [2.75, 3.05) is 0 Å². The van der Waals surface area contributed by atoms with Crippen molar-refractivity contribution in [2.45, 2.75) is 34.1 Å². The molecule has 0 fully saturated rings. The number of fused-ring (bicyclic) bond motifs is 5. The zero-order valence-electron chi connectivity index (χ0n) is 18.2. The van der Waals surface area contributed by atoms with E-state index in [0.29, 0.717) is 5.92 Å². The lowest BCUT2D eigenvalue weighted by Gasteiger charge is -2.15. The van der Waals surface area contributed by atoms with Gasteiger partial charge in [-0.05, 0) is 82.9 Å². The van der Waals surface area contributed by atoms with E-state index in [1.54, 1.807) is 0 Å². The van der Waals surface area contributed by atoms with Crippen molar-refractivity contribution in [2.24, 2.45) is 5.92 Å². The van der Waals surface area contributed by atoms with E-state index in [-0.39, 0.29) is 0 Å². The molecule has 5 rings (SSSR count). The second-order valence-corrected chi connectivity index (χ2v) is 8.97. The Bertz CT molecular complexity index is 1390. The fourth-order valence-corrected chi connectivity index (χ4v) is 4.87. The van der Waals surface area contributed by atoms with Gasteiger partial charge in [-0.1, -0.05) is 67.4 Å². The van der Waals surface area contributed by atoms with Gasteiger partial charge in [0.25, 0.3) is 0 Å². The Morgan fingerprint density at radius 1 is 0.667 bits per heavy atom. The number of rotatable bonds is 3. The maximum absolute atomic E-state index is 4.80. The Labute approximate surface area is 178 Å². The van der Waals surface area contributed by atoms with E-state index >= 15 is 0 Å². The third kappa shape index (κ3) is 3.15. The Hall–Kier alpha value is -3.19. The van der Waals surface area contributed by atoms with Gasteiger partial charge in [0, 0.05) is 17.1 Å². The Morgan fingerprint density at radius 3 is 2.03 bits per heavy atom. The van der Waals surface area contributed by atoms with Crippen LogP contribution in [0.5, 0.6) is 0 Å². The molecule has 0 unspecified atom stereocenters. The predicted octanol–water partition coefficient (Wildman–Crippen LogP) is 8.02. The molecular weight excluding hydrogens is 362 g/mol. The number of aryl methyl sites for hydroxylation is 2. The molecule has 0 amide bonds. The quantitative estimate of drug-likeness (QED) is 0.285. The summed E-state index contributed by atoms with van der Waals surface area (Å²) >= 11 is 0. The van der Waals surface area contributed by atoms with Crippen molar-refractivity contribution in [3.05, 3.63) is 89.6 Å². The van der Waals surface area contributed by atoms with Crippen LogP contribution in [-0.4, -0.2) is 4.98 Å². The zero-order valence-corrected chi connectivity index (χ0v) is 18.2. The average molecular weight is 390 g/mol. The largest absolute Gasteiger partial charge is 0.256 e. The molecule has 148 valence electrons. The predicted molar refractivity (Wildman–Crippen MR) is 130 cm³/mol. The summed E-state index contributed by atoms with van der Waals surface area (Å²) in [6.45, 7) is 8.90. The summed E-state index contributed by atoms with van der Waals surface area (Å²) in [4.78, 5) is 4.80. The minimum absolute atomic E-state index is 0.619. The Balaban J connectivity index is 1.87. The van der Waals surface area contributed by atoms with Gasteiger partial charge >= 0.3 is 0 Å². The normalized spacial score (nSPS) is 11.8. The minimum atomic E-state index is 0.619. The number of benzene rings is 4. The molecule has 0 saturated carbocycles. The molecule has 1 heterocycles. The second kappa shape index (κ2) is 7.25. The minimum Gasteiger partial charge on any atom is -0.256 e. The summed E-state index contributed by atoms with van der Waals surface area (Å²) in [6.07, 6.45) is 3.05. The van der Waals surface area contributed by atoms with Gasteiger partial charge in [-0.15, -0.1) is 0 Å². The lowest BCUT2D eigenvalue weighted by Crippen LogP contribution is -1.96. The van der Waals surface area contributed by atoms with Gasteiger partial charge in [-0.2, -0.15) is 0 Å². The van der Waals surface area contributed by atoms with Crippen LogP contribution in [0.15, 0.2) is 72.9 Å². The highest BCUT2D eigenvalue weighted by atomic mass is 14.7. The standard InChI is InChI=1S/C29H27N/c1-18(2)13-21-17-28-25(24-8-6-5-7-23(21)24)9-10-27-26(28)11-12-30-29(27)22-15-19(3)14-20(4)16-22/h5-12,14-18H,13H2,1-4H3. The highest BCUT2D eigenvalue weighted by Gasteiger charge is 2.13. The first-order valence-corrected chi connectivity index (χ1v) is 10.8. The van der Waals surface area contributed by atoms with Crippen LogP contribution in [0, 0.1) is 19.8 Å². The topological polar surface area (TPSA) is 12.9 Å². The van der Waals surface area contributed by atoms with Crippen LogP contribution in [-0.2, 0) is 6.42 Å². The van der Waals surface area contributed by atoms with Crippen molar-refractivity contribution in [1.29, 1.82) is 0 Å². The SMILES string of the molecule is Cc1cc(C)cc(-c2nccc3c2ccc2c4ccccc4c(CC(C)C)cc32)c1. The number of pyridine rings is 1. The molecule has 0 atom stereocenters. The molecule has 0 aliphatic carbocycles. The Kier molecular flexibility index (Phi) is 4.55. The third-order valence-electron chi connectivity index (χ3n) is 5.99. The monoisotopic (exact) mass is 389 g/mol. The van der Waals surface area contributed by atoms with Crippen LogP contribution >= 0.6 is 0 Å². The molecule has 0 radical (unpaired) electrons. The molecule has 1 aromatic heterocycles. The van der Waals surface area contributed by atoms with E-state index < -0.39 is 0 Å². The van der Waals surface area contributed by atoms with Crippen LogP contribution in [0.2, 0.25) is 0 Å². The smallest absolute Gasteiger partial charge is 0.0780 e. The lowest BCUT2D eigenvalue weighted by atomic mass is 9.90. The zero-order chi connectivity index (χ0) is 20.8. The van der Waals surface area contributed by atoms with Crippen molar-refractivity contribution < 1.29 is 0 Å². The second-order valence-electron chi connectivity index (χ2n) is 8.97. The van der Waals surface area contributed by atoms with E-state index in [0.717, 1.165) is 12.1 Å². The van der Waals surface area contributed by atoms with E-state index in [9.17, 15) is 0 Å². The van der Waals surface area contributed by atoms with Gasteiger partial charge in [0.2, 0.25) is 0 Å². The molecule has 1 heteroatoms. The number of nitrogens with zero attached hydrogens (tertiary/aromatic N) is 1. The van der Waals surface area contributed by atoms with Gasteiger partial charge in [0.1, 0.15) is 0 Å². The maximum atomic E-state index is 4.80. The van der Waals surface area contributed by atoms with Crippen molar-refractivity contribution in [3.8, 4) is 11.3 Å². The third-order valence-corrected chi connectivity index (χ3v) is 5.99. The van der Waals surface area contributed by atoms with Crippen LogP contribution < -0.4 is 0 Å². The van der Waals surface area contributed by atoms with E-state index in [1.165, 1.54) is 54.6 Å². The summed E-state index contributed by atoms with van der Waals surface area (Å²) in [5.41, 5.74) is 6.25. The first-order valence-electron chi connectivity index (χ1n) is 10.8. The van der Waals surface area contributed by atoms with Gasteiger partial charge < -0.3 is 0 Å². The van der Waals surface area contributed by atoms with Gasteiger partial charge in [-0.25, -0.2) is 0 Å². The van der Waals surface area contributed by atoms with Gasteiger partial charge in [0.05, 0.1) is 5.69 Å². The van der Waals surface area contributed by atoms with Crippen molar-refractivity contribution in [3.63, 3.8) is 0 Å². The van der Waals surface area contributed by atoms with Crippen molar-refractivity contribution >= 4 is 32.3 Å². The average Bonchev–Trinajstić information content (AvgIpc) is 2.72. The molecule has 0 bridgehead atoms. The summed E-state index contributed by atoms with van der Waals surface area (Å²) in [7, 11) is 0. The van der Waals surface area contributed by atoms with E-state index in [2.05, 4.69) is 94.4 Å². The molecule has 0 saturated heterocycles. The fraction of sp³-hybridized carbons (Fsp3) is 0.207. The Morgan fingerprint density at radius 2 is 1.30 bits per heavy atom. The van der Waals surface area contributed by atoms with Crippen LogP contribution in [0.1, 0.15) is 30.5 Å². The number of hydrogen-bond donors (Lipinski definition) is 0. The number of hydrogen-bond acceptors (Lipinski definition) is 1. The number of aromatic nitrogens is 1. The van der Waals surface area contributed by atoms with Gasteiger partial charge in [0.15, 0.2) is 0 Å². The first-order chi connectivity index (χ1) is 14.5. The molecule has 30 heavy (non-hydrogen) atoms. The molecular formula is C29H27N. The highest BCUT2D eigenvalue weighted by Crippen LogP contribution is 2.37. The lowest BCUT2D eigenvalue weighted by molar-refractivity contribution is 0.650. The molecule has 5 aromatic rings. The fourth-order valence-electron chi connectivity index (χ4n) is 4.87. The van der Waals surface area contributed by atoms with Crippen LogP contribution in [0.25, 0.3) is 43.6 Å². The van der Waals surface area contributed by atoms with E-state index in [4.69, 9.17) is 4.98 Å². The molecule has 1 nitrogen and oxygen atoms in total. The molecule has 0 aliphatic heterocycles. The molecule has 0 spiro atoms. The van der Waals surface area contributed by atoms with Crippen LogP contribution in [0.4, 0.5) is 0 Å². The maximum Gasteiger partial charge on any atom is 0.0780 e. The molecule has 0 N–H and O–H groups in total. The summed E-state index contributed by atoms with van der Waals surface area (Å²) in [5, 5.41) is 7.88.